The normalized spacial score (nSPS) is 16.0. The van der Waals surface area contributed by atoms with Crippen molar-refractivity contribution in [1.82, 2.24) is 9.97 Å². The number of benzene rings is 2. The Morgan fingerprint density at radius 3 is 2.33 bits per heavy atom. The number of aromatic nitrogens is 2. The molecule has 6 heterocycles. The van der Waals surface area contributed by atoms with Gasteiger partial charge in [0.05, 0.1) is 21.0 Å². The number of hydrogen-bond acceptors (Lipinski definition) is 8. The van der Waals surface area contributed by atoms with Gasteiger partial charge in [-0.05, 0) is 91.6 Å². The maximum absolute atomic E-state index is 14.2. The molecule has 1 spiro atoms. The summed E-state index contributed by atoms with van der Waals surface area (Å²) in [6.07, 6.45) is 5.75. The Morgan fingerprint density at radius 2 is 1.57 bits per heavy atom. The number of carbonyl (C=O) groups is 3. The molecule has 10 nitrogen and oxygen atoms in total. The summed E-state index contributed by atoms with van der Waals surface area (Å²) in [5.74, 6) is -2.25. The third kappa shape index (κ3) is 6.23. The molecule has 13 heteroatoms. The average Bonchev–Trinajstić information content (AvgIpc) is 3.50. The molecule has 8 rings (SSSR count). The van der Waals surface area contributed by atoms with Gasteiger partial charge in [0.1, 0.15) is 28.8 Å². The van der Waals surface area contributed by atoms with E-state index in [0.29, 0.717) is 51.9 Å². The Hall–Kier alpha value is -5.53. The fourth-order valence-electron chi connectivity index (χ4n) is 6.98. The van der Waals surface area contributed by atoms with Gasteiger partial charge in [-0.15, -0.1) is 11.3 Å². The lowest BCUT2D eigenvalue weighted by molar-refractivity contribution is -0.000510. The van der Waals surface area contributed by atoms with Gasteiger partial charge in [-0.25, -0.2) is 13.8 Å². The van der Waals surface area contributed by atoms with Gasteiger partial charge in [-0.1, -0.05) is 6.07 Å². The lowest BCUT2D eigenvalue weighted by Gasteiger charge is -2.53. The minimum Gasteiger partial charge on any atom is -0.381 e. The average molecular weight is 707 g/mol. The molecule has 2 fully saturated rings. The van der Waals surface area contributed by atoms with Gasteiger partial charge in [0.25, 0.3) is 17.7 Å². The number of nitrogens with one attached hydrogen (secondary N) is 2. The SMILES string of the molecule is O=C(Nc1c(F)cccc1F)c1cc2c(s1)-c1ncccc1N(C(=O)c1ccc(NC(=O)c3cccnc3N3CC4(CCOCC4)C3)cc1)CC2. The molecule has 0 bridgehead atoms. The predicted octanol–water partition coefficient (Wildman–Crippen LogP) is 6.81. The highest BCUT2D eigenvalue weighted by molar-refractivity contribution is 7.17. The summed E-state index contributed by atoms with van der Waals surface area (Å²) in [6.45, 7) is 3.53. The number of amides is 3. The van der Waals surface area contributed by atoms with Crippen molar-refractivity contribution in [3.05, 3.63) is 118 Å². The van der Waals surface area contributed by atoms with Crippen LogP contribution in [0.3, 0.4) is 0 Å². The van der Waals surface area contributed by atoms with E-state index in [1.807, 2.05) is 0 Å². The van der Waals surface area contributed by atoms with Crippen molar-refractivity contribution >= 4 is 51.9 Å². The van der Waals surface area contributed by atoms with E-state index in [1.165, 1.54) is 6.07 Å². The van der Waals surface area contributed by atoms with Crippen molar-refractivity contribution in [3.8, 4) is 10.6 Å². The van der Waals surface area contributed by atoms with Crippen LogP contribution in [0.4, 0.5) is 31.7 Å². The fourth-order valence-corrected chi connectivity index (χ4v) is 8.09. The van der Waals surface area contributed by atoms with E-state index in [9.17, 15) is 23.2 Å². The van der Waals surface area contributed by atoms with Crippen molar-refractivity contribution in [2.45, 2.75) is 19.3 Å². The largest absolute Gasteiger partial charge is 0.381 e. The van der Waals surface area contributed by atoms with Crippen molar-refractivity contribution in [2.75, 3.05) is 53.3 Å². The van der Waals surface area contributed by atoms with Gasteiger partial charge >= 0.3 is 0 Å². The monoisotopic (exact) mass is 706 g/mol. The smallest absolute Gasteiger partial charge is 0.265 e. The number of pyridine rings is 2. The van der Waals surface area contributed by atoms with Crippen LogP contribution in [-0.4, -0.2) is 60.5 Å². The first-order valence-corrected chi connectivity index (χ1v) is 17.4. The zero-order chi connectivity index (χ0) is 35.1. The summed E-state index contributed by atoms with van der Waals surface area (Å²) in [7, 11) is 0. The van der Waals surface area contributed by atoms with Crippen LogP contribution < -0.4 is 20.4 Å². The Labute approximate surface area is 296 Å². The van der Waals surface area contributed by atoms with Crippen LogP contribution in [0, 0.1) is 17.0 Å². The van der Waals surface area contributed by atoms with Crippen LogP contribution >= 0.6 is 11.3 Å². The Kier molecular flexibility index (Phi) is 8.52. The summed E-state index contributed by atoms with van der Waals surface area (Å²) in [4.78, 5) is 54.3. The Bertz CT molecular complexity index is 2140. The minimum atomic E-state index is -0.869. The molecule has 258 valence electrons. The number of ether oxygens (including phenoxy) is 1. The number of para-hydroxylation sites is 1. The van der Waals surface area contributed by atoms with E-state index >= 15 is 0 Å². The number of halogens is 2. The van der Waals surface area contributed by atoms with E-state index in [1.54, 1.807) is 71.9 Å². The fraction of sp³-hybridized carbons (Fsp3) is 0.237. The molecular formula is C38H32F2N6O4S. The number of rotatable bonds is 6. The number of carbonyl (C=O) groups excluding carboxylic acids is 3. The number of nitrogens with zero attached hydrogens (tertiary/aromatic N) is 4. The number of fused-ring (bicyclic) bond motifs is 3. The van der Waals surface area contributed by atoms with E-state index < -0.39 is 23.2 Å². The highest BCUT2D eigenvalue weighted by Crippen LogP contribution is 2.43. The van der Waals surface area contributed by atoms with Gasteiger partial charge in [0.15, 0.2) is 0 Å². The molecular weight excluding hydrogens is 675 g/mol. The van der Waals surface area contributed by atoms with Gasteiger partial charge in [0, 0.05) is 61.9 Å². The van der Waals surface area contributed by atoms with Gasteiger partial charge in [-0.2, -0.15) is 0 Å². The third-order valence-corrected chi connectivity index (χ3v) is 10.9. The molecule has 3 aliphatic heterocycles. The predicted molar refractivity (Wildman–Crippen MR) is 191 cm³/mol. The first-order valence-electron chi connectivity index (χ1n) is 16.6. The minimum absolute atomic E-state index is 0.229. The molecule has 3 aromatic heterocycles. The first kappa shape index (κ1) is 32.7. The zero-order valence-electron chi connectivity index (χ0n) is 27.3. The van der Waals surface area contributed by atoms with Crippen molar-refractivity contribution in [3.63, 3.8) is 0 Å². The summed E-state index contributed by atoms with van der Waals surface area (Å²) in [5.41, 5.74) is 3.06. The molecule has 0 saturated carbocycles. The Morgan fingerprint density at radius 1 is 0.843 bits per heavy atom. The highest BCUT2D eigenvalue weighted by atomic mass is 32.1. The summed E-state index contributed by atoms with van der Waals surface area (Å²) >= 11 is 1.15. The van der Waals surface area contributed by atoms with Crippen LogP contribution in [0.1, 0.15) is 48.8 Å². The van der Waals surface area contributed by atoms with Gasteiger partial charge < -0.3 is 25.2 Å². The van der Waals surface area contributed by atoms with Gasteiger partial charge in [0.2, 0.25) is 0 Å². The summed E-state index contributed by atoms with van der Waals surface area (Å²) in [6, 6.07) is 18.9. The standard InChI is InChI=1S/C38H32F2N6O4S/c39-27-5-1-6-28(40)31(27)44-36(48)30-20-24-12-17-46(29-7-3-15-41-32(29)33(24)51-30)37(49)23-8-10-25(11-9-23)43-35(47)26-4-2-16-42-34(26)45-21-38(22-45)13-18-50-19-14-38/h1-11,15-16,20H,12-14,17-19,21-22H2,(H,43,47)(H,44,48). The number of thiophene rings is 1. The molecule has 2 aromatic carbocycles. The van der Waals surface area contributed by atoms with Crippen molar-refractivity contribution in [2.24, 2.45) is 5.41 Å². The second-order valence-electron chi connectivity index (χ2n) is 13.0. The molecule has 2 saturated heterocycles. The van der Waals surface area contributed by atoms with Gasteiger partial charge in [-0.3, -0.25) is 19.4 Å². The first-order chi connectivity index (χ1) is 24.8. The molecule has 3 amide bonds. The summed E-state index contributed by atoms with van der Waals surface area (Å²) < 4.78 is 33.9. The van der Waals surface area contributed by atoms with E-state index in [-0.39, 0.29) is 22.1 Å². The third-order valence-electron chi connectivity index (χ3n) is 9.70. The molecule has 0 unspecified atom stereocenters. The maximum atomic E-state index is 14.2. The molecule has 0 atom stereocenters. The van der Waals surface area contributed by atoms with Crippen LogP contribution in [0.15, 0.2) is 85.2 Å². The van der Waals surface area contributed by atoms with Crippen molar-refractivity contribution in [1.29, 1.82) is 0 Å². The molecule has 2 N–H and O–H groups in total. The zero-order valence-corrected chi connectivity index (χ0v) is 28.1. The van der Waals surface area contributed by atoms with E-state index in [2.05, 4.69) is 25.5 Å². The number of hydrogen-bond donors (Lipinski definition) is 2. The second-order valence-corrected chi connectivity index (χ2v) is 14.0. The lowest BCUT2D eigenvalue weighted by atomic mass is 9.73. The molecule has 5 aromatic rings. The van der Waals surface area contributed by atoms with E-state index in [0.717, 1.165) is 68.2 Å². The van der Waals surface area contributed by atoms with Crippen LogP contribution in [-0.2, 0) is 11.2 Å². The summed E-state index contributed by atoms with van der Waals surface area (Å²) in [5, 5.41) is 5.30. The lowest BCUT2D eigenvalue weighted by Crippen LogP contribution is -2.59. The molecule has 51 heavy (non-hydrogen) atoms. The Balaban J connectivity index is 0.968. The topological polar surface area (TPSA) is 117 Å². The molecule has 0 aliphatic carbocycles. The quantitative estimate of drug-likeness (QED) is 0.199. The van der Waals surface area contributed by atoms with Crippen LogP contribution in [0.25, 0.3) is 10.6 Å². The maximum Gasteiger partial charge on any atom is 0.265 e. The second kappa shape index (κ2) is 13.3. The van der Waals surface area contributed by atoms with Crippen molar-refractivity contribution < 1.29 is 27.9 Å². The number of anilines is 4. The van der Waals surface area contributed by atoms with Crippen LogP contribution in [0.2, 0.25) is 0 Å². The van der Waals surface area contributed by atoms with E-state index in [4.69, 9.17) is 4.74 Å². The highest BCUT2D eigenvalue weighted by Gasteiger charge is 2.45. The molecule has 0 radical (unpaired) electrons. The molecule has 3 aliphatic rings. The van der Waals surface area contributed by atoms with Crippen LogP contribution in [0.5, 0.6) is 0 Å².